The molecule has 0 atom stereocenters. The van der Waals surface area contributed by atoms with E-state index in [1.165, 1.54) is 17.7 Å². The normalized spacial score (nSPS) is 10.9. The summed E-state index contributed by atoms with van der Waals surface area (Å²) in [6, 6.07) is 18.6. The molecule has 3 aromatic rings. The number of aromatic carboxylic acids is 1. The van der Waals surface area contributed by atoms with E-state index in [9.17, 15) is 19.5 Å². The van der Waals surface area contributed by atoms with E-state index >= 15 is 0 Å². The van der Waals surface area contributed by atoms with Crippen LogP contribution in [0.5, 0.6) is 5.75 Å². The molecule has 7 heteroatoms. The molecule has 0 saturated carbocycles. The van der Waals surface area contributed by atoms with Gasteiger partial charge in [-0.25, -0.2) is 4.79 Å². The van der Waals surface area contributed by atoms with Crippen LogP contribution >= 0.6 is 0 Å². The second-order valence-electron chi connectivity index (χ2n) is 8.95. The fourth-order valence-corrected chi connectivity index (χ4v) is 3.30. The molecule has 0 aliphatic carbocycles. The first-order valence-electron chi connectivity index (χ1n) is 10.8. The molecule has 0 aliphatic heterocycles. The van der Waals surface area contributed by atoms with Crippen molar-refractivity contribution in [2.45, 2.75) is 33.1 Å². The van der Waals surface area contributed by atoms with Crippen molar-refractivity contribution in [2.75, 3.05) is 17.2 Å². The molecular formula is C27H28N2O5. The first-order valence-corrected chi connectivity index (χ1v) is 10.8. The summed E-state index contributed by atoms with van der Waals surface area (Å²) in [5.74, 6) is -1.29. The Morgan fingerprint density at radius 2 is 1.56 bits per heavy atom. The zero-order valence-electron chi connectivity index (χ0n) is 19.6. The minimum absolute atomic E-state index is 0.00417. The largest absolute Gasteiger partial charge is 0.484 e. The summed E-state index contributed by atoms with van der Waals surface area (Å²) in [4.78, 5) is 36.3. The van der Waals surface area contributed by atoms with E-state index in [0.29, 0.717) is 22.6 Å². The SMILES string of the molecule is Cc1cc(C(=O)Nc2ccccc2C(=O)O)ccc1NC(=O)COc1ccc(C(C)(C)C)cc1. The first kappa shape index (κ1) is 24.5. The van der Waals surface area contributed by atoms with E-state index in [1.54, 1.807) is 37.3 Å². The number of carbonyl (C=O) groups is 3. The highest BCUT2D eigenvalue weighted by Crippen LogP contribution is 2.24. The molecule has 0 spiro atoms. The molecule has 34 heavy (non-hydrogen) atoms. The van der Waals surface area contributed by atoms with E-state index in [-0.39, 0.29) is 29.2 Å². The van der Waals surface area contributed by atoms with Gasteiger partial charge in [0.05, 0.1) is 11.3 Å². The minimum atomic E-state index is -1.13. The maximum atomic E-state index is 12.6. The third-order valence-electron chi connectivity index (χ3n) is 5.26. The Morgan fingerprint density at radius 3 is 2.18 bits per heavy atom. The van der Waals surface area contributed by atoms with Crippen molar-refractivity contribution in [3.8, 4) is 5.75 Å². The predicted molar refractivity (Wildman–Crippen MR) is 132 cm³/mol. The molecule has 0 aromatic heterocycles. The van der Waals surface area contributed by atoms with Crippen molar-refractivity contribution >= 4 is 29.2 Å². The summed E-state index contributed by atoms with van der Waals surface area (Å²) in [6.45, 7) is 8.00. The molecule has 0 saturated heterocycles. The zero-order valence-corrected chi connectivity index (χ0v) is 19.6. The molecule has 0 radical (unpaired) electrons. The van der Waals surface area contributed by atoms with Gasteiger partial charge in [0.2, 0.25) is 0 Å². The molecule has 176 valence electrons. The number of hydrogen-bond donors (Lipinski definition) is 3. The van der Waals surface area contributed by atoms with Gasteiger partial charge in [0, 0.05) is 11.3 Å². The fourth-order valence-electron chi connectivity index (χ4n) is 3.30. The second kappa shape index (κ2) is 10.2. The smallest absolute Gasteiger partial charge is 0.337 e. The van der Waals surface area contributed by atoms with Crippen molar-refractivity contribution in [1.29, 1.82) is 0 Å². The number of carboxylic acids is 1. The van der Waals surface area contributed by atoms with Gasteiger partial charge in [-0.1, -0.05) is 45.0 Å². The Kier molecular flexibility index (Phi) is 7.36. The van der Waals surface area contributed by atoms with Gasteiger partial charge in [-0.05, 0) is 65.9 Å². The van der Waals surface area contributed by atoms with Crippen LogP contribution in [0.25, 0.3) is 0 Å². The van der Waals surface area contributed by atoms with Crippen molar-refractivity contribution in [2.24, 2.45) is 0 Å². The molecule has 7 nitrogen and oxygen atoms in total. The number of aryl methyl sites for hydroxylation is 1. The van der Waals surface area contributed by atoms with Gasteiger partial charge in [0.25, 0.3) is 11.8 Å². The second-order valence-corrected chi connectivity index (χ2v) is 8.95. The van der Waals surface area contributed by atoms with Crippen molar-refractivity contribution in [3.63, 3.8) is 0 Å². The van der Waals surface area contributed by atoms with Crippen molar-refractivity contribution in [3.05, 3.63) is 89.0 Å². The van der Waals surface area contributed by atoms with E-state index < -0.39 is 11.9 Å². The third-order valence-corrected chi connectivity index (χ3v) is 5.26. The number of hydrogen-bond acceptors (Lipinski definition) is 4. The van der Waals surface area contributed by atoms with Crippen LogP contribution in [0.1, 0.15) is 52.6 Å². The summed E-state index contributed by atoms with van der Waals surface area (Å²) in [6.07, 6.45) is 0. The van der Waals surface area contributed by atoms with Gasteiger partial charge in [0.1, 0.15) is 5.75 Å². The monoisotopic (exact) mass is 460 g/mol. The molecule has 0 aliphatic rings. The number of rotatable bonds is 7. The summed E-state index contributed by atoms with van der Waals surface area (Å²) in [5.41, 5.74) is 3.01. The highest BCUT2D eigenvalue weighted by molar-refractivity contribution is 6.08. The average molecular weight is 461 g/mol. The zero-order chi connectivity index (χ0) is 24.9. The van der Waals surface area contributed by atoms with Gasteiger partial charge in [-0.15, -0.1) is 0 Å². The number of nitrogens with one attached hydrogen (secondary N) is 2. The molecule has 0 unspecified atom stereocenters. The van der Waals surface area contributed by atoms with Crippen molar-refractivity contribution in [1.82, 2.24) is 0 Å². The number of para-hydroxylation sites is 1. The van der Waals surface area contributed by atoms with Crippen LogP contribution in [0.2, 0.25) is 0 Å². The standard InChI is InChI=1S/C27H28N2O5/c1-17-15-18(25(31)29-23-8-6-5-7-21(23)26(32)33)9-14-22(17)28-24(30)16-34-20-12-10-19(11-13-20)27(2,3)4/h5-15H,16H2,1-4H3,(H,28,30)(H,29,31)(H,32,33). The van der Waals surface area contributed by atoms with Gasteiger partial charge >= 0.3 is 5.97 Å². The lowest BCUT2D eigenvalue weighted by atomic mass is 9.87. The van der Waals surface area contributed by atoms with Crippen molar-refractivity contribution < 1.29 is 24.2 Å². The number of carboxylic acid groups (broad SMARTS) is 1. The van der Waals surface area contributed by atoms with Crippen LogP contribution in [0.15, 0.2) is 66.7 Å². The molecule has 0 fully saturated rings. The number of carbonyl (C=O) groups excluding carboxylic acids is 2. The third kappa shape index (κ3) is 6.22. The Morgan fingerprint density at radius 1 is 0.882 bits per heavy atom. The predicted octanol–water partition coefficient (Wildman–Crippen LogP) is 5.26. The Hall–Kier alpha value is -4.13. The number of benzene rings is 3. The summed E-state index contributed by atoms with van der Waals surface area (Å²) in [5, 5.41) is 14.7. The minimum Gasteiger partial charge on any atom is -0.484 e. The van der Waals surface area contributed by atoms with Crippen LogP contribution in [-0.2, 0) is 10.2 Å². The topological polar surface area (TPSA) is 105 Å². The first-order chi connectivity index (χ1) is 16.0. The summed E-state index contributed by atoms with van der Waals surface area (Å²) >= 11 is 0. The van der Waals surface area contributed by atoms with Crippen LogP contribution in [-0.4, -0.2) is 29.5 Å². The molecule has 0 bridgehead atoms. The summed E-state index contributed by atoms with van der Waals surface area (Å²) < 4.78 is 5.58. The quantitative estimate of drug-likeness (QED) is 0.446. The van der Waals surface area contributed by atoms with Crippen LogP contribution in [0.4, 0.5) is 11.4 Å². The lowest BCUT2D eigenvalue weighted by Crippen LogP contribution is -2.21. The molecule has 0 heterocycles. The Balaban J connectivity index is 1.60. The summed E-state index contributed by atoms with van der Waals surface area (Å²) in [7, 11) is 0. The average Bonchev–Trinajstić information content (AvgIpc) is 2.79. The number of amides is 2. The van der Waals surface area contributed by atoms with Gasteiger partial charge < -0.3 is 20.5 Å². The lowest BCUT2D eigenvalue weighted by Gasteiger charge is -2.19. The van der Waals surface area contributed by atoms with Gasteiger partial charge in [-0.3, -0.25) is 9.59 Å². The maximum absolute atomic E-state index is 12.6. The Labute approximate surface area is 198 Å². The maximum Gasteiger partial charge on any atom is 0.337 e. The van der Waals surface area contributed by atoms with Crippen LogP contribution in [0, 0.1) is 6.92 Å². The molecular weight excluding hydrogens is 432 g/mol. The van der Waals surface area contributed by atoms with Crippen LogP contribution in [0.3, 0.4) is 0 Å². The molecule has 3 rings (SSSR count). The lowest BCUT2D eigenvalue weighted by molar-refractivity contribution is -0.118. The highest BCUT2D eigenvalue weighted by atomic mass is 16.5. The van der Waals surface area contributed by atoms with E-state index in [0.717, 1.165) is 0 Å². The molecule has 3 aromatic carbocycles. The molecule has 3 N–H and O–H groups in total. The number of ether oxygens (including phenoxy) is 1. The Bertz CT molecular complexity index is 1210. The molecule has 2 amide bonds. The van der Waals surface area contributed by atoms with E-state index in [1.807, 2.05) is 24.3 Å². The highest BCUT2D eigenvalue weighted by Gasteiger charge is 2.15. The van der Waals surface area contributed by atoms with E-state index in [4.69, 9.17) is 4.74 Å². The van der Waals surface area contributed by atoms with Gasteiger partial charge in [-0.2, -0.15) is 0 Å². The fraction of sp³-hybridized carbons (Fsp3) is 0.222. The number of anilines is 2. The van der Waals surface area contributed by atoms with Crippen LogP contribution < -0.4 is 15.4 Å². The van der Waals surface area contributed by atoms with E-state index in [2.05, 4.69) is 31.4 Å². The van der Waals surface area contributed by atoms with Gasteiger partial charge in [0.15, 0.2) is 6.61 Å².